The number of carboxylic acid groups (broad SMARTS) is 1. The van der Waals surface area contributed by atoms with Gasteiger partial charge in [-0.05, 0) is 12.5 Å². The van der Waals surface area contributed by atoms with E-state index in [4.69, 9.17) is 9.84 Å². The van der Waals surface area contributed by atoms with Gasteiger partial charge in [-0.2, -0.15) is 0 Å². The molecule has 2 amide bonds. The van der Waals surface area contributed by atoms with E-state index in [9.17, 15) is 9.59 Å². The van der Waals surface area contributed by atoms with E-state index < -0.39 is 17.9 Å². The molecule has 0 spiro atoms. The molecule has 1 saturated heterocycles. The Morgan fingerprint density at radius 1 is 1.43 bits per heavy atom. The molecule has 0 bridgehead atoms. The maximum atomic E-state index is 12.1. The highest BCUT2D eigenvalue weighted by molar-refractivity contribution is 5.77. The molecular weight excluding hydrogens is 272 g/mol. The van der Waals surface area contributed by atoms with E-state index in [1.165, 1.54) is 4.90 Å². The monoisotopic (exact) mass is 292 g/mol. The maximum absolute atomic E-state index is 12.1. The van der Waals surface area contributed by atoms with Crippen molar-refractivity contribution in [2.24, 2.45) is 5.92 Å². The normalized spacial score (nSPS) is 21.0. The summed E-state index contributed by atoms with van der Waals surface area (Å²) in [5.74, 6) is -1.62. The number of rotatable bonds is 4. The Labute approximate surface area is 123 Å². The third kappa shape index (κ3) is 3.95. The fourth-order valence-corrected chi connectivity index (χ4v) is 2.36. The molecule has 1 heterocycles. The quantitative estimate of drug-likeness (QED) is 0.875. The number of urea groups is 1. The molecule has 0 aromatic heterocycles. The minimum absolute atomic E-state index is 0.141. The molecule has 1 aliphatic heterocycles. The molecule has 21 heavy (non-hydrogen) atoms. The van der Waals surface area contributed by atoms with Gasteiger partial charge in [0.25, 0.3) is 0 Å². The lowest BCUT2D eigenvalue weighted by Gasteiger charge is -2.22. The topological polar surface area (TPSA) is 78.9 Å². The van der Waals surface area contributed by atoms with E-state index in [1.54, 1.807) is 7.05 Å². The van der Waals surface area contributed by atoms with Crippen LogP contribution in [0.5, 0.6) is 0 Å². The molecule has 2 N–H and O–H groups in total. The van der Waals surface area contributed by atoms with Crippen molar-refractivity contribution in [1.82, 2.24) is 10.2 Å². The first-order valence-corrected chi connectivity index (χ1v) is 6.85. The second-order valence-corrected chi connectivity index (χ2v) is 5.38. The van der Waals surface area contributed by atoms with E-state index in [1.807, 2.05) is 31.2 Å². The largest absolute Gasteiger partial charge is 0.481 e. The van der Waals surface area contributed by atoms with Crippen molar-refractivity contribution < 1.29 is 19.4 Å². The Morgan fingerprint density at radius 3 is 2.86 bits per heavy atom. The van der Waals surface area contributed by atoms with Gasteiger partial charge < -0.3 is 20.1 Å². The number of ether oxygens (including phenoxy) is 1. The zero-order chi connectivity index (χ0) is 15.4. The Balaban J connectivity index is 1.92. The molecule has 1 aromatic rings. The lowest BCUT2D eigenvalue weighted by Crippen LogP contribution is -2.47. The fourth-order valence-electron chi connectivity index (χ4n) is 2.36. The summed E-state index contributed by atoms with van der Waals surface area (Å²) in [7, 11) is 1.68. The first-order chi connectivity index (χ1) is 9.97. The van der Waals surface area contributed by atoms with Gasteiger partial charge in [0.2, 0.25) is 0 Å². The van der Waals surface area contributed by atoms with E-state index in [-0.39, 0.29) is 19.2 Å². The predicted octanol–water partition coefficient (Wildman–Crippen LogP) is 1.24. The molecule has 6 nitrogen and oxygen atoms in total. The predicted molar refractivity (Wildman–Crippen MR) is 76.9 cm³/mol. The van der Waals surface area contributed by atoms with Crippen molar-refractivity contribution in [1.29, 1.82) is 0 Å². The van der Waals surface area contributed by atoms with Crippen LogP contribution < -0.4 is 5.32 Å². The molecule has 6 heteroatoms. The number of hydrogen-bond donors (Lipinski definition) is 2. The second kappa shape index (κ2) is 6.58. The number of amides is 2. The number of benzene rings is 1. The van der Waals surface area contributed by atoms with E-state index >= 15 is 0 Å². The van der Waals surface area contributed by atoms with Gasteiger partial charge in [-0.1, -0.05) is 29.8 Å². The fraction of sp³-hybridized carbons (Fsp3) is 0.467. The van der Waals surface area contributed by atoms with Crippen LogP contribution >= 0.6 is 0 Å². The van der Waals surface area contributed by atoms with Crippen molar-refractivity contribution in [3.05, 3.63) is 35.4 Å². The Hall–Kier alpha value is -2.08. The van der Waals surface area contributed by atoms with E-state index in [2.05, 4.69) is 5.32 Å². The molecule has 0 aliphatic carbocycles. The summed E-state index contributed by atoms with van der Waals surface area (Å²) in [6.45, 7) is 2.85. The average Bonchev–Trinajstić information content (AvgIpc) is 2.87. The minimum Gasteiger partial charge on any atom is -0.481 e. The van der Waals surface area contributed by atoms with Crippen LogP contribution in [0.25, 0.3) is 0 Å². The van der Waals surface area contributed by atoms with Crippen molar-refractivity contribution >= 4 is 12.0 Å². The van der Waals surface area contributed by atoms with Gasteiger partial charge >= 0.3 is 12.0 Å². The van der Waals surface area contributed by atoms with Gasteiger partial charge in [0.1, 0.15) is 5.92 Å². The molecule has 0 radical (unpaired) electrons. The molecule has 1 aliphatic rings. The van der Waals surface area contributed by atoms with Crippen LogP contribution in [0.3, 0.4) is 0 Å². The summed E-state index contributed by atoms with van der Waals surface area (Å²) < 4.78 is 5.13. The van der Waals surface area contributed by atoms with E-state index in [0.29, 0.717) is 6.54 Å². The van der Waals surface area contributed by atoms with Crippen molar-refractivity contribution in [3.8, 4) is 0 Å². The summed E-state index contributed by atoms with van der Waals surface area (Å²) in [6, 6.07) is 7.14. The SMILES string of the molecule is Cc1cccc(CN(C)C(=O)NC2COCC2C(=O)O)c1. The van der Waals surface area contributed by atoms with Crippen LogP contribution in [0.15, 0.2) is 24.3 Å². The van der Waals surface area contributed by atoms with Gasteiger partial charge in [0.05, 0.1) is 19.3 Å². The zero-order valence-corrected chi connectivity index (χ0v) is 12.2. The molecule has 114 valence electrons. The highest BCUT2D eigenvalue weighted by Crippen LogP contribution is 2.14. The number of carboxylic acids is 1. The van der Waals surface area contributed by atoms with Crippen molar-refractivity contribution in [3.63, 3.8) is 0 Å². The van der Waals surface area contributed by atoms with Crippen molar-refractivity contribution in [2.75, 3.05) is 20.3 Å². The summed E-state index contributed by atoms with van der Waals surface area (Å²) in [6.07, 6.45) is 0. The lowest BCUT2D eigenvalue weighted by molar-refractivity contribution is -0.142. The molecular formula is C15H20N2O4. The third-order valence-corrected chi connectivity index (χ3v) is 3.56. The van der Waals surface area contributed by atoms with Gasteiger partial charge in [-0.15, -0.1) is 0 Å². The first-order valence-electron chi connectivity index (χ1n) is 6.85. The maximum Gasteiger partial charge on any atom is 0.317 e. The number of carbonyl (C=O) groups is 2. The van der Waals surface area contributed by atoms with Gasteiger partial charge in [-0.3, -0.25) is 4.79 Å². The molecule has 2 rings (SSSR count). The third-order valence-electron chi connectivity index (χ3n) is 3.56. The Bertz CT molecular complexity index is 532. The number of aryl methyl sites for hydroxylation is 1. The van der Waals surface area contributed by atoms with Crippen LogP contribution in [-0.4, -0.2) is 48.3 Å². The van der Waals surface area contributed by atoms with Crippen molar-refractivity contribution in [2.45, 2.75) is 19.5 Å². The zero-order valence-electron chi connectivity index (χ0n) is 12.2. The number of nitrogens with zero attached hydrogens (tertiary/aromatic N) is 1. The van der Waals surface area contributed by atoms with Crippen LogP contribution in [-0.2, 0) is 16.1 Å². The lowest BCUT2D eigenvalue weighted by atomic mass is 10.0. The minimum atomic E-state index is -0.945. The van der Waals surface area contributed by atoms with Gasteiger partial charge in [0.15, 0.2) is 0 Å². The van der Waals surface area contributed by atoms with Crippen LogP contribution in [0.2, 0.25) is 0 Å². The molecule has 2 atom stereocenters. The Morgan fingerprint density at radius 2 is 2.19 bits per heavy atom. The van der Waals surface area contributed by atoms with Crippen LogP contribution in [0.4, 0.5) is 4.79 Å². The smallest absolute Gasteiger partial charge is 0.317 e. The molecule has 0 saturated carbocycles. The Kier molecular flexibility index (Phi) is 4.80. The number of carbonyl (C=O) groups excluding carboxylic acids is 1. The van der Waals surface area contributed by atoms with Crippen LogP contribution in [0, 0.1) is 12.8 Å². The first kappa shape index (κ1) is 15.3. The van der Waals surface area contributed by atoms with Crippen LogP contribution in [0.1, 0.15) is 11.1 Å². The van der Waals surface area contributed by atoms with E-state index in [0.717, 1.165) is 11.1 Å². The summed E-state index contributed by atoms with van der Waals surface area (Å²) in [5, 5.41) is 11.8. The molecule has 2 unspecified atom stereocenters. The summed E-state index contributed by atoms with van der Waals surface area (Å²) >= 11 is 0. The number of nitrogens with one attached hydrogen (secondary N) is 1. The van der Waals surface area contributed by atoms with Gasteiger partial charge in [0, 0.05) is 13.6 Å². The second-order valence-electron chi connectivity index (χ2n) is 5.38. The highest BCUT2D eigenvalue weighted by atomic mass is 16.5. The molecule has 1 aromatic carbocycles. The number of hydrogen-bond acceptors (Lipinski definition) is 3. The number of aliphatic carboxylic acids is 1. The van der Waals surface area contributed by atoms with Gasteiger partial charge in [-0.25, -0.2) is 4.79 Å². The summed E-state index contributed by atoms with van der Waals surface area (Å²) in [5.41, 5.74) is 2.17. The average molecular weight is 292 g/mol. The standard InChI is InChI=1S/C15H20N2O4/c1-10-4-3-5-11(6-10)7-17(2)15(20)16-13-9-21-8-12(13)14(18)19/h3-6,12-13H,7-9H2,1-2H3,(H,16,20)(H,18,19). The highest BCUT2D eigenvalue weighted by Gasteiger charge is 2.35. The molecule has 1 fully saturated rings. The summed E-state index contributed by atoms with van der Waals surface area (Å²) in [4.78, 5) is 24.7.